The Labute approximate surface area is 157 Å². The summed E-state index contributed by atoms with van der Waals surface area (Å²) in [6, 6.07) is 17.5. The van der Waals surface area contributed by atoms with Crippen molar-refractivity contribution in [2.75, 3.05) is 13.7 Å². The van der Waals surface area contributed by atoms with Crippen molar-refractivity contribution in [2.24, 2.45) is 17.4 Å². The second-order valence-corrected chi connectivity index (χ2v) is 5.79. The van der Waals surface area contributed by atoms with E-state index >= 15 is 0 Å². The molecule has 1 heterocycles. The third-order valence-corrected chi connectivity index (χ3v) is 3.82. The van der Waals surface area contributed by atoms with Crippen LogP contribution in [0.15, 0.2) is 64.9 Å². The number of hydrogen-bond acceptors (Lipinski definition) is 7. The van der Waals surface area contributed by atoms with Crippen LogP contribution in [0.4, 0.5) is 0 Å². The van der Waals surface area contributed by atoms with E-state index in [1.165, 1.54) is 7.11 Å². The molecule has 0 unspecified atom stereocenters. The van der Waals surface area contributed by atoms with Gasteiger partial charge in [0.25, 0.3) is 0 Å². The van der Waals surface area contributed by atoms with Gasteiger partial charge in [-0.25, -0.2) is 4.68 Å². The summed E-state index contributed by atoms with van der Waals surface area (Å²) < 4.78 is 1.54. The molecule has 3 aromatic rings. The van der Waals surface area contributed by atoms with Crippen molar-refractivity contribution in [1.82, 2.24) is 20.2 Å². The Balaban J connectivity index is 1.85. The monoisotopic (exact) mass is 364 g/mol. The lowest BCUT2D eigenvalue weighted by atomic mass is 10.1. The fourth-order valence-electron chi connectivity index (χ4n) is 2.43. The average molecular weight is 364 g/mol. The Morgan fingerprint density at radius 2 is 1.74 bits per heavy atom. The molecule has 0 saturated heterocycles. The first-order chi connectivity index (χ1) is 13.2. The molecular formula is C19H20N6O2. The summed E-state index contributed by atoms with van der Waals surface area (Å²) in [4.78, 5) is 10.5. The molecule has 138 valence electrons. The van der Waals surface area contributed by atoms with Gasteiger partial charge in [0.05, 0.1) is 0 Å². The zero-order chi connectivity index (χ0) is 19.1. The van der Waals surface area contributed by atoms with Crippen LogP contribution >= 0.6 is 0 Å². The summed E-state index contributed by atoms with van der Waals surface area (Å²) in [6.45, 7) is 2.16. The molecule has 3 rings (SSSR count). The standard InChI is InChI=1S/C19H20N6O2/c1-14-9-11-15(12-10-14)17(21-26-3)13-27-22-18(16-7-5-4-6-8-16)19-20-23-24-25(19)2/h4-12H,13H2,1-3H3/b21-17-,22-18?. The summed E-state index contributed by atoms with van der Waals surface area (Å²) in [5.41, 5.74) is 4.07. The maximum atomic E-state index is 5.60. The van der Waals surface area contributed by atoms with Crippen LogP contribution in [0.25, 0.3) is 0 Å². The number of rotatable bonds is 7. The summed E-state index contributed by atoms with van der Waals surface area (Å²) >= 11 is 0. The van der Waals surface area contributed by atoms with Gasteiger partial charge in [-0.2, -0.15) is 0 Å². The van der Waals surface area contributed by atoms with Gasteiger partial charge in [-0.05, 0) is 17.4 Å². The van der Waals surface area contributed by atoms with E-state index in [9.17, 15) is 0 Å². The van der Waals surface area contributed by atoms with Crippen molar-refractivity contribution in [3.8, 4) is 0 Å². The number of tetrazole rings is 1. The van der Waals surface area contributed by atoms with E-state index in [1.54, 1.807) is 11.7 Å². The number of aryl methyl sites for hydroxylation is 2. The molecule has 0 saturated carbocycles. The molecule has 0 bridgehead atoms. The molecule has 0 amide bonds. The molecule has 0 aliphatic rings. The third-order valence-electron chi connectivity index (χ3n) is 3.82. The van der Waals surface area contributed by atoms with Gasteiger partial charge in [0.1, 0.15) is 12.8 Å². The van der Waals surface area contributed by atoms with Gasteiger partial charge in [0.15, 0.2) is 12.3 Å². The molecule has 0 N–H and O–H groups in total. The van der Waals surface area contributed by atoms with Crippen LogP contribution in [-0.2, 0) is 16.7 Å². The van der Waals surface area contributed by atoms with Gasteiger partial charge < -0.3 is 9.68 Å². The fourth-order valence-corrected chi connectivity index (χ4v) is 2.43. The molecule has 8 nitrogen and oxygen atoms in total. The highest BCUT2D eigenvalue weighted by Gasteiger charge is 2.15. The van der Waals surface area contributed by atoms with E-state index in [4.69, 9.17) is 9.68 Å². The minimum atomic E-state index is 0.137. The molecule has 0 atom stereocenters. The summed E-state index contributed by atoms with van der Waals surface area (Å²) in [6.07, 6.45) is 0. The van der Waals surface area contributed by atoms with Gasteiger partial charge >= 0.3 is 0 Å². The number of nitrogens with zero attached hydrogens (tertiary/aromatic N) is 6. The first-order valence-corrected chi connectivity index (χ1v) is 8.34. The molecular weight excluding hydrogens is 344 g/mol. The van der Waals surface area contributed by atoms with Gasteiger partial charge in [-0.3, -0.25) is 0 Å². The van der Waals surface area contributed by atoms with Crippen molar-refractivity contribution in [3.05, 3.63) is 77.1 Å². The highest BCUT2D eigenvalue weighted by atomic mass is 16.6. The van der Waals surface area contributed by atoms with E-state index in [0.717, 1.165) is 16.7 Å². The SMILES string of the molecule is CO/N=C(/CON=C(c1ccccc1)c1nnnn1C)c1ccc(C)cc1. The van der Waals surface area contributed by atoms with Gasteiger partial charge in [-0.15, -0.1) is 5.10 Å². The maximum absolute atomic E-state index is 5.60. The Morgan fingerprint density at radius 1 is 1.00 bits per heavy atom. The number of benzene rings is 2. The van der Waals surface area contributed by atoms with E-state index in [1.807, 2.05) is 61.5 Å². The highest BCUT2D eigenvalue weighted by Crippen LogP contribution is 2.10. The molecule has 1 aromatic heterocycles. The second-order valence-electron chi connectivity index (χ2n) is 5.79. The minimum absolute atomic E-state index is 0.137. The zero-order valence-electron chi connectivity index (χ0n) is 15.4. The maximum Gasteiger partial charge on any atom is 0.204 e. The molecule has 2 aromatic carbocycles. The predicted octanol–water partition coefficient (Wildman–Crippen LogP) is 2.34. The lowest BCUT2D eigenvalue weighted by molar-refractivity contribution is 0.173. The quantitative estimate of drug-likeness (QED) is 0.474. The van der Waals surface area contributed by atoms with E-state index in [2.05, 4.69) is 25.8 Å². The van der Waals surface area contributed by atoms with Crippen LogP contribution in [0.1, 0.15) is 22.5 Å². The number of hydrogen-bond donors (Lipinski definition) is 0. The fraction of sp³-hybridized carbons (Fsp3) is 0.211. The topological polar surface area (TPSA) is 86.8 Å². The molecule has 27 heavy (non-hydrogen) atoms. The molecule has 8 heteroatoms. The lowest BCUT2D eigenvalue weighted by Crippen LogP contribution is -2.14. The zero-order valence-corrected chi connectivity index (χ0v) is 15.4. The van der Waals surface area contributed by atoms with Crippen molar-refractivity contribution in [3.63, 3.8) is 0 Å². The molecule has 0 fully saturated rings. The second kappa shape index (κ2) is 8.70. The Kier molecular flexibility index (Phi) is 5.88. The predicted molar refractivity (Wildman–Crippen MR) is 102 cm³/mol. The lowest BCUT2D eigenvalue weighted by Gasteiger charge is -2.08. The van der Waals surface area contributed by atoms with Crippen molar-refractivity contribution < 1.29 is 9.68 Å². The summed E-state index contributed by atoms with van der Waals surface area (Å²) in [5.74, 6) is 0.502. The Morgan fingerprint density at radius 3 is 2.37 bits per heavy atom. The van der Waals surface area contributed by atoms with Crippen LogP contribution in [0, 0.1) is 6.92 Å². The van der Waals surface area contributed by atoms with Crippen LogP contribution in [0.3, 0.4) is 0 Å². The summed E-state index contributed by atoms with van der Waals surface area (Å²) in [5, 5.41) is 19.9. The van der Waals surface area contributed by atoms with Crippen LogP contribution in [0.5, 0.6) is 0 Å². The highest BCUT2D eigenvalue weighted by molar-refractivity contribution is 6.10. The van der Waals surface area contributed by atoms with Crippen LogP contribution in [0.2, 0.25) is 0 Å². The van der Waals surface area contributed by atoms with Crippen molar-refractivity contribution >= 4 is 11.4 Å². The Bertz CT molecular complexity index is 932. The van der Waals surface area contributed by atoms with Gasteiger partial charge in [-0.1, -0.05) is 70.5 Å². The molecule has 0 aliphatic heterocycles. The normalized spacial score (nSPS) is 12.1. The molecule has 0 radical (unpaired) electrons. The van der Waals surface area contributed by atoms with Crippen LogP contribution in [-0.4, -0.2) is 45.3 Å². The van der Waals surface area contributed by atoms with E-state index in [-0.39, 0.29) is 6.61 Å². The third kappa shape index (κ3) is 4.55. The number of aromatic nitrogens is 4. The van der Waals surface area contributed by atoms with Crippen molar-refractivity contribution in [1.29, 1.82) is 0 Å². The van der Waals surface area contributed by atoms with Crippen molar-refractivity contribution in [2.45, 2.75) is 6.92 Å². The van der Waals surface area contributed by atoms with Gasteiger partial charge in [0, 0.05) is 18.2 Å². The smallest absolute Gasteiger partial charge is 0.204 e. The Hall–Kier alpha value is -3.55. The minimum Gasteiger partial charge on any atom is -0.399 e. The largest absolute Gasteiger partial charge is 0.399 e. The first-order valence-electron chi connectivity index (χ1n) is 8.34. The van der Waals surface area contributed by atoms with E-state index in [0.29, 0.717) is 17.2 Å². The molecule has 0 spiro atoms. The van der Waals surface area contributed by atoms with Crippen LogP contribution < -0.4 is 0 Å². The molecule has 0 aliphatic carbocycles. The average Bonchev–Trinajstić information content (AvgIpc) is 3.11. The number of oxime groups is 2. The van der Waals surface area contributed by atoms with E-state index < -0.39 is 0 Å². The van der Waals surface area contributed by atoms with Gasteiger partial charge in [0.2, 0.25) is 5.82 Å². The first kappa shape index (κ1) is 18.2. The summed E-state index contributed by atoms with van der Waals surface area (Å²) in [7, 11) is 3.25.